The van der Waals surface area contributed by atoms with E-state index in [0.29, 0.717) is 23.7 Å². The van der Waals surface area contributed by atoms with E-state index in [-0.39, 0.29) is 5.75 Å². The molecule has 1 aliphatic rings. The minimum Gasteiger partial charge on any atom is -0.384 e. The smallest absolute Gasteiger partial charge is 0.178 e. The summed E-state index contributed by atoms with van der Waals surface area (Å²) in [4.78, 5) is 0.496. The number of halogens is 1. The van der Waals surface area contributed by atoms with Crippen molar-refractivity contribution in [2.45, 2.75) is 17.7 Å². The predicted molar refractivity (Wildman–Crippen MR) is 66.0 cm³/mol. The molecular formula is C11H14ClNO2S. The lowest BCUT2D eigenvalue weighted by molar-refractivity contribution is 0.586. The van der Waals surface area contributed by atoms with Gasteiger partial charge in [-0.05, 0) is 36.6 Å². The molecule has 0 atom stereocenters. The fourth-order valence-electron chi connectivity index (χ4n) is 1.94. The van der Waals surface area contributed by atoms with Crippen molar-refractivity contribution >= 4 is 27.1 Å². The van der Waals surface area contributed by atoms with Gasteiger partial charge in [-0.15, -0.1) is 11.6 Å². The van der Waals surface area contributed by atoms with E-state index in [0.717, 1.165) is 17.7 Å². The molecule has 3 nitrogen and oxygen atoms in total. The molecule has 0 fully saturated rings. The summed E-state index contributed by atoms with van der Waals surface area (Å²) in [7, 11) is -3.03. The Hall–Kier alpha value is -0.740. The van der Waals surface area contributed by atoms with Gasteiger partial charge in [-0.3, -0.25) is 0 Å². The van der Waals surface area contributed by atoms with Gasteiger partial charge in [-0.25, -0.2) is 8.42 Å². The largest absolute Gasteiger partial charge is 0.384 e. The summed E-state index contributed by atoms with van der Waals surface area (Å²) in [6.45, 7) is 0.688. The zero-order chi connectivity index (χ0) is 11.6. The number of hydrogen-bond acceptors (Lipinski definition) is 3. The Balaban J connectivity index is 2.32. The van der Waals surface area contributed by atoms with Crippen molar-refractivity contribution in [3.63, 3.8) is 0 Å². The number of sulfone groups is 1. The molecule has 1 heterocycles. The summed E-state index contributed by atoms with van der Waals surface area (Å²) < 4.78 is 23.5. The third-order valence-electron chi connectivity index (χ3n) is 2.68. The molecule has 0 spiro atoms. The summed E-state index contributed by atoms with van der Waals surface area (Å²) in [5.41, 5.74) is 1.86. The highest BCUT2D eigenvalue weighted by Gasteiger charge is 2.23. The lowest BCUT2D eigenvalue weighted by Gasteiger charge is -2.17. The normalized spacial score (nSPS) is 17.8. The highest BCUT2D eigenvalue weighted by atomic mass is 35.5. The second-order valence-electron chi connectivity index (χ2n) is 3.86. The van der Waals surface area contributed by atoms with Crippen LogP contribution < -0.4 is 5.32 Å². The Labute approximate surface area is 101 Å². The van der Waals surface area contributed by atoms with Gasteiger partial charge in [0.05, 0.1) is 10.6 Å². The molecule has 1 aliphatic heterocycles. The molecule has 0 saturated heterocycles. The molecule has 0 amide bonds. The Morgan fingerprint density at radius 3 is 2.94 bits per heavy atom. The Bertz CT molecular complexity index is 485. The van der Waals surface area contributed by atoms with Crippen LogP contribution in [0.25, 0.3) is 0 Å². The molecule has 0 unspecified atom stereocenters. The number of aryl methyl sites for hydroxylation is 1. The SMILES string of the molecule is O=S1(=O)CCCc2cc(NCCCl)ccc21. The third kappa shape index (κ3) is 2.33. The minimum atomic E-state index is -3.03. The summed E-state index contributed by atoms with van der Waals surface area (Å²) >= 11 is 5.58. The Kier molecular flexibility index (Phi) is 3.40. The number of hydrogen-bond donors (Lipinski definition) is 1. The summed E-state index contributed by atoms with van der Waals surface area (Å²) in [5, 5.41) is 3.15. The molecule has 1 aromatic carbocycles. The Morgan fingerprint density at radius 2 is 2.19 bits per heavy atom. The molecule has 0 aliphatic carbocycles. The second kappa shape index (κ2) is 4.63. The van der Waals surface area contributed by atoms with Gasteiger partial charge in [0.2, 0.25) is 0 Å². The average molecular weight is 260 g/mol. The number of benzene rings is 1. The van der Waals surface area contributed by atoms with E-state index in [4.69, 9.17) is 11.6 Å². The summed E-state index contributed by atoms with van der Waals surface area (Å²) in [6, 6.07) is 5.41. The maximum Gasteiger partial charge on any atom is 0.178 e. The molecule has 1 aromatic rings. The van der Waals surface area contributed by atoms with E-state index >= 15 is 0 Å². The highest BCUT2D eigenvalue weighted by molar-refractivity contribution is 7.91. The molecule has 0 radical (unpaired) electrons. The second-order valence-corrected chi connectivity index (χ2v) is 6.32. The van der Waals surface area contributed by atoms with Crippen LogP contribution in [0, 0.1) is 0 Å². The molecule has 0 bridgehead atoms. The maximum absolute atomic E-state index is 11.8. The first kappa shape index (κ1) is 11.7. The van der Waals surface area contributed by atoms with E-state index in [1.807, 2.05) is 6.07 Å². The van der Waals surface area contributed by atoms with Crippen molar-refractivity contribution < 1.29 is 8.42 Å². The van der Waals surface area contributed by atoms with E-state index in [9.17, 15) is 8.42 Å². The van der Waals surface area contributed by atoms with Gasteiger partial charge >= 0.3 is 0 Å². The van der Waals surface area contributed by atoms with Crippen LogP contribution in [-0.4, -0.2) is 26.6 Å². The zero-order valence-electron chi connectivity index (χ0n) is 8.87. The monoisotopic (exact) mass is 259 g/mol. The van der Waals surface area contributed by atoms with Crippen molar-refractivity contribution in [2.24, 2.45) is 0 Å². The minimum absolute atomic E-state index is 0.272. The standard InChI is InChI=1S/C11H14ClNO2S/c12-5-6-13-10-3-4-11-9(8-10)2-1-7-16(11,14)15/h3-4,8,13H,1-2,5-7H2. The molecule has 88 valence electrons. The summed E-state index contributed by atoms with van der Waals surface area (Å²) in [6.07, 6.45) is 1.55. The van der Waals surface area contributed by atoms with Crippen molar-refractivity contribution in [2.75, 3.05) is 23.5 Å². The lowest BCUT2D eigenvalue weighted by Crippen LogP contribution is -2.16. The molecule has 0 aromatic heterocycles. The number of nitrogens with one attached hydrogen (secondary N) is 1. The van der Waals surface area contributed by atoms with Crippen LogP contribution in [0.1, 0.15) is 12.0 Å². The van der Waals surface area contributed by atoms with Gasteiger partial charge in [-0.2, -0.15) is 0 Å². The van der Waals surface area contributed by atoms with Crippen molar-refractivity contribution in [1.82, 2.24) is 0 Å². The first-order valence-electron chi connectivity index (χ1n) is 5.29. The van der Waals surface area contributed by atoms with E-state index in [1.54, 1.807) is 12.1 Å². The predicted octanol–water partition coefficient (Wildman–Crippen LogP) is 2.06. The van der Waals surface area contributed by atoms with Crippen LogP contribution >= 0.6 is 11.6 Å². The number of anilines is 1. The van der Waals surface area contributed by atoms with Gasteiger partial charge in [0.15, 0.2) is 9.84 Å². The van der Waals surface area contributed by atoms with Crippen LogP contribution in [0.15, 0.2) is 23.1 Å². The average Bonchev–Trinajstić information content (AvgIpc) is 2.25. The maximum atomic E-state index is 11.8. The van der Waals surface area contributed by atoms with Gasteiger partial charge in [0, 0.05) is 18.1 Å². The van der Waals surface area contributed by atoms with E-state index in [2.05, 4.69) is 5.32 Å². The van der Waals surface area contributed by atoms with E-state index in [1.165, 1.54) is 0 Å². The fourth-order valence-corrected chi connectivity index (χ4v) is 3.62. The first-order chi connectivity index (χ1) is 7.63. The topological polar surface area (TPSA) is 46.2 Å². The fraction of sp³-hybridized carbons (Fsp3) is 0.455. The molecule has 2 rings (SSSR count). The molecular weight excluding hydrogens is 246 g/mol. The number of rotatable bonds is 3. The highest BCUT2D eigenvalue weighted by Crippen LogP contribution is 2.27. The quantitative estimate of drug-likeness (QED) is 0.846. The number of alkyl halides is 1. The molecule has 1 N–H and O–H groups in total. The van der Waals surface area contributed by atoms with Crippen molar-refractivity contribution in [1.29, 1.82) is 0 Å². The summed E-state index contributed by atoms with van der Waals surface area (Å²) in [5.74, 6) is 0.809. The van der Waals surface area contributed by atoms with Gasteiger partial charge < -0.3 is 5.32 Å². The van der Waals surface area contributed by atoms with Gasteiger partial charge in [-0.1, -0.05) is 0 Å². The van der Waals surface area contributed by atoms with Crippen LogP contribution in [0.3, 0.4) is 0 Å². The first-order valence-corrected chi connectivity index (χ1v) is 7.48. The van der Waals surface area contributed by atoms with E-state index < -0.39 is 9.84 Å². The molecule has 0 saturated carbocycles. The number of fused-ring (bicyclic) bond motifs is 1. The zero-order valence-corrected chi connectivity index (χ0v) is 10.4. The third-order valence-corrected chi connectivity index (χ3v) is 4.76. The van der Waals surface area contributed by atoms with Crippen LogP contribution in [0.5, 0.6) is 0 Å². The van der Waals surface area contributed by atoms with Crippen LogP contribution in [0.2, 0.25) is 0 Å². The van der Waals surface area contributed by atoms with Crippen molar-refractivity contribution in [3.05, 3.63) is 23.8 Å². The Morgan fingerprint density at radius 1 is 1.38 bits per heavy atom. The lowest BCUT2D eigenvalue weighted by atomic mass is 10.1. The molecule has 16 heavy (non-hydrogen) atoms. The van der Waals surface area contributed by atoms with Gasteiger partial charge in [0.1, 0.15) is 0 Å². The van der Waals surface area contributed by atoms with Crippen molar-refractivity contribution in [3.8, 4) is 0 Å². The van der Waals surface area contributed by atoms with Crippen LogP contribution in [-0.2, 0) is 16.3 Å². The van der Waals surface area contributed by atoms with Gasteiger partial charge in [0.25, 0.3) is 0 Å². The van der Waals surface area contributed by atoms with Crippen LogP contribution in [0.4, 0.5) is 5.69 Å². The molecule has 5 heteroatoms.